The summed E-state index contributed by atoms with van der Waals surface area (Å²) in [5.41, 5.74) is 4.07. The van der Waals surface area contributed by atoms with Crippen molar-refractivity contribution >= 4 is 34.0 Å². The number of hydrogen-bond acceptors (Lipinski definition) is 5. The van der Waals surface area contributed by atoms with Gasteiger partial charge >= 0.3 is 0 Å². The summed E-state index contributed by atoms with van der Waals surface area (Å²) in [4.78, 5) is 24.8. The number of nitrogens with one attached hydrogen (secondary N) is 2. The maximum absolute atomic E-state index is 12.5. The maximum Gasteiger partial charge on any atom is 0.262 e. The van der Waals surface area contributed by atoms with E-state index in [9.17, 15) is 14.7 Å². The molecule has 0 aliphatic heterocycles. The van der Waals surface area contributed by atoms with E-state index in [0.717, 1.165) is 5.56 Å². The van der Waals surface area contributed by atoms with Crippen molar-refractivity contribution in [1.82, 2.24) is 10.7 Å². The number of rotatable bonds is 9. The second-order valence-corrected chi connectivity index (χ2v) is 8.10. The number of phenolic OH excluding ortho intramolecular Hbond substituents is 1. The zero-order valence-electron chi connectivity index (χ0n) is 17.2. The Morgan fingerprint density at radius 2 is 1.97 bits per heavy atom. The first-order valence-corrected chi connectivity index (χ1v) is 10.3. The molecule has 0 heterocycles. The summed E-state index contributed by atoms with van der Waals surface area (Å²) < 4.78 is 6.07. The molecule has 2 rings (SSSR count). The number of amides is 2. The highest BCUT2D eigenvalue weighted by Crippen LogP contribution is 2.23. The van der Waals surface area contributed by atoms with Gasteiger partial charge in [-0.1, -0.05) is 32.0 Å². The van der Waals surface area contributed by atoms with Gasteiger partial charge in [0.15, 0.2) is 6.61 Å². The summed E-state index contributed by atoms with van der Waals surface area (Å²) in [5.74, 6) is 0.133. The molecule has 0 bridgehead atoms. The van der Waals surface area contributed by atoms with E-state index < -0.39 is 11.9 Å². The Morgan fingerprint density at radius 1 is 1.23 bits per heavy atom. The lowest BCUT2D eigenvalue weighted by Gasteiger charge is -2.19. The van der Waals surface area contributed by atoms with Crippen LogP contribution >= 0.6 is 15.9 Å². The number of carbonyl (C=O) groups excluding carboxylic acids is 2. The Kier molecular flexibility index (Phi) is 8.86. The zero-order valence-corrected chi connectivity index (χ0v) is 18.8. The molecule has 0 unspecified atom stereocenters. The largest absolute Gasteiger partial charge is 0.507 e. The number of para-hydroxylation sites is 1. The van der Waals surface area contributed by atoms with Crippen molar-refractivity contribution in [3.63, 3.8) is 0 Å². The van der Waals surface area contributed by atoms with E-state index in [0.29, 0.717) is 22.2 Å². The number of hydrogen-bond donors (Lipinski definition) is 3. The third kappa shape index (κ3) is 7.51. The molecule has 0 radical (unpaired) electrons. The second-order valence-electron chi connectivity index (χ2n) is 7.25. The van der Waals surface area contributed by atoms with Crippen molar-refractivity contribution in [2.24, 2.45) is 11.0 Å². The average Bonchev–Trinajstić information content (AvgIpc) is 2.69. The molecule has 2 amide bonds. The summed E-state index contributed by atoms with van der Waals surface area (Å²) >= 11 is 3.22. The van der Waals surface area contributed by atoms with E-state index in [1.807, 2.05) is 39.0 Å². The van der Waals surface area contributed by atoms with E-state index in [1.165, 1.54) is 12.3 Å². The van der Waals surface area contributed by atoms with Gasteiger partial charge < -0.3 is 15.2 Å². The fourth-order valence-electron chi connectivity index (χ4n) is 2.65. The Bertz CT molecular complexity index is 915. The number of benzene rings is 2. The molecule has 3 N–H and O–H groups in total. The normalized spacial score (nSPS) is 12.0. The van der Waals surface area contributed by atoms with Gasteiger partial charge in [0.05, 0.1) is 10.7 Å². The Morgan fingerprint density at radius 3 is 2.63 bits per heavy atom. The average molecular weight is 476 g/mol. The van der Waals surface area contributed by atoms with E-state index in [1.54, 1.807) is 18.2 Å². The molecule has 0 saturated heterocycles. The first-order chi connectivity index (χ1) is 14.3. The SMILES string of the molecule is Cc1ccccc1OCC(=O)N[C@@H](CC(C)C)C(=O)N/N=C\c1ccc(O)c(Br)c1. The lowest BCUT2D eigenvalue weighted by molar-refractivity contribution is -0.130. The Labute approximate surface area is 184 Å². The lowest BCUT2D eigenvalue weighted by Crippen LogP contribution is -2.47. The molecule has 0 aromatic heterocycles. The maximum atomic E-state index is 12.5. The van der Waals surface area contributed by atoms with Crippen LogP contribution in [0.5, 0.6) is 11.5 Å². The van der Waals surface area contributed by atoms with Crippen LogP contribution in [0, 0.1) is 12.8 Å². The number of ether oxygens (including phenoxy) is 1. The van der Waals surface area contributed by atoms with E-state index in [-0.39, 0.29) is 24.2 Å². The fourth-order valence-corrected chi connectivity index (χ4v) is 3.05. The molecular formula is C22H26BrN3O4. The van der Waals surface area contributed by atoms with Crippen molar-refractivity contribution < 1.29 is 19.4 Å². The number of carbonyl (C=O) groups is 2. The summed E-state index contributed by atoms with van der Waals surface area (Å²) in [6.07, 6.45) is 1.92. The molecule has 7 nitrogen and oxygen atoms in total. The first-order valence-electron chi connectivity index (χ1n) is 9.55. The van der Waals surface area contributed by atoms with Gasteiger partial charge in [-0.05, 0) is 70.6 Å². The van der Waals surface area contributed by atoms with Gasteiger partial charge in [-0.25, -0.2) is 5.43 Å². The van der Waals surface area contributed by atoms with Crippen LogP contribution in [-0.2, 0) is 9.59 Å². The standard InChI is InChI=1S/C22H26BrN3O4/c1-14(2)10-18(25-21(28)13-30-20-7-5-4-6-15(20)3)22(29)26-24-12-16-8-9-19(27)17(23)11-16/h4-9,11-12,14,18,27H,10,13H2,1-3H3,(H,25,28)(H,26,29)/b24-12-/t18-/m0/s1. The molecule has 30 heavy (non-hydrogen) atoms. The van der Waals surface area contributed by atoms with Crippen LogP contribution in [0.2, 0.25) is 0 Å². The summed E-state index contributed by atoms with van der Waals surface area (Å²) in [6, 6.07) is 11.5. The van der Waals surface area contributed by atoms with Gasteiger partial charge in [0.2, 0.25) is 0 Å². The fraction of sp³-hybridized carbons (Fsp3) is 0.318. The van der Waals surface area contributed by atoms with Crippen molar-refractivity contribution in [3.8, 4) is 11.5 Å². The molecule has 1 atom stereocenters. The van der Waals surface area contributed by atoms with Crippen LogP contribution in [0.15, 0.2) is 52.0 Å². The van der Waals surface area contributed by atoms with E-state index in [4.69, 9.17) is 4.74 Å². The highest BCUT2D eigenvalue weighted by Gasteiger charge is 2.22. The molecule has 0 fully saturated rings. The van der Waals surface area contributed by atoms with Crippen molar-refractivity contribution in [2.75, 3.05) is 6.61 Å². The van der Waals surface area contributed by atoms with Crippen molar-refractivity contribution in [3.05, 3.63) is 58.1 Å². The number of aromatic hydroxyl groups is 1. The summed E-state index contributed by atoms with van der Waals surface area (Å²) in [5, 5.41) is 16.2. The molecule has 0 aliphatic carbocycles. The number of phenols is 1. The van der Waals surface area contributed by atoms with Gasteiger partial charge in [-0.3, -0.25) is 9.59 Å². The highest BCUT2D eigenvalue weighted by molar-refractivity contribution is 9.10. The molecular weight excluding hydrogens is 450 g/mol. The zero-order chi connectivity index (χ0) is 22.1. The number of hydrazone groups is 1. The number of nitrogens with zero attached hydrogens (tertiary/aromatic N) is 1. The first kappa shape index (κ1) is 23.4. The van der Waals surface area contributed by atoms with Crippen molar-refractivity contribution in [1.29, 1.82) is 0 Å². The molecule has 0 saturated carbocycles. The minimum Gasteiger partial charge on any atom is -0.507 e. The van der Waals surface area contributed by atoms with Gasteiger partial charge in [0.1, 0.15) is 17.5 Å². The second kappa shape index (κ2) is 11.3. The quantitative estimate of drug-likeness (QED) is 0.381. The van der Waals surface area contributed by atoms with Gasteiger partial charge in [-0.2, -0.15) is 5.10 Å². The molecule has 2 aromatic carbocycles. The van der Waals surface area contributed by atoms with Crippen LogP contribution in [-0.4, -0.2) is 35.8 Å². The number of aryl methyl sites for hydroxylation is 1. The molecule has 160 valence electrons. The highest BCUT2D eigenvalue weighted by atomic mass is 79.9. The minimum absolute atomic E-state index is 0.115. The molecule has 2 aromatic rings. The molecule has 0 spiro atoms. The van der Waals surface area contributed by atoms with Crippen LogP contribution in [0.25, 0.3) is 0 Å². The van der Waals surface area contributed by atoms with Crippen molar-refractivity contribution in [2.45, 2.75) is 33.2 Å². The lowest BCUT2D eigenvalue weighted by atomic mass is 10.0. The van der Waals surface area contributed by atoms with E-state index in [2.05, 4.69) is 31.8 Å². The predicted octanol–water partition coefficient (Wildman–Crippen LogP) is 3.52. The van der Waals surface area contributed by atoms with Crippen LogP contribution in [0.3, 0.4) is 0 Å². The molecule has 0 aliphatic rings. The van der Waals surface area contributed by atoms with Crippen LogP contribution in [0.4, 0.5) is 0 Å². The topological polar surface area (TPSA) is 100 Å². The third-order valence-electron chi connectivity index (χ3n) is 4.17. The van der Waals surface area contributed by atoms with E-state index >= 15 is 0 Å². The van der Waals surface area contributed by atoms with Gasteiger partial charge in [0.25, 0.3) is 11.8 Å². The predicted molar refractivity (Wildman–Crippen MR) is 120 cm³/mol. The summed E-state index contributed by atoms with van der Waals surface area (Å²) in [6.45, 7) is 5.64. The Balaban J connectivity index is 1.93. The van der Waals surface area contributed by atoms with Crippen LogP contribution in [0.1, 0.15) is 31.4 Å². The van der Waals surface area contributed by atoms with Gasteiger partial charge in [0, 0.05) is 0 Å². The monoisotopic (exact) mass is 475 g/mol. The van der Waals surface area contributed by atoms with Gasteiger partial charge in [-0.15, -0.1) is 0 Å². The number of halogens is 1. The molecule has 8 heteroatoms. The third-order valence-corrected chi connectivity index (χ3v) is 4.81. The van der Waals surface area contributed by atoms with Crippen LogP contribution < -0.4 is 15.5 Å². The Hall–Kier alpha value is -2.87. The smallest absolute Gasteiger partial charge is 0.262 e. The summed E-state index contributed by atoms with van der Waals surface area (Å²) in [7, 11) is 0. The minimum atomic E-state index is -0.735.